The second-order valence-corrected chi connectivity index (χ2v) is 5.89. The fourth-order valence-electron chi connectivity index (χ4n) is 2.47. The number of hydrogen-bond acceptors (Lipinski definition) is 0. The van der Waals surface area contributed by atoms with E-state index in [-0.39, 0.29) is 5.41 Å². The summed E-state index contributed by atoms with van der Waals surface area (Å²) >= 11 is 0. The molecule has 1 heterocycles. The quantitative estimate of drug-likeness (QED) is 0.716. The summed E-state index contributed by atoms with van der Waals surface area (Å²) in [5.74, 6) is 0.577. The zero-order chi connectivity index (χ0) is 11.9. The zero-order valence-electron chi connectivity index (χ0n) is 10.9. The van der Waals surface area contributed by atoms with E-state index in [0.717, 1.165) is 0 Å². The van der Waals surface area contributed by atoms with E-state index in [2.05, 4.69) is 64.1 Å². The van der Waals surface area contributed by atoms with Crippen molar-refractivity contribution >= 4 is 10.8 Å². The molecule has 0 aliphatic carbocycles. The van der Waals surface area contributed by atoms with Crippen molar-refractivity contribution in [3.63, 3.8) is 0 Å². The van der Waals surface area contributed by atoms with Crippen LogP contribution in [0.5, 0.6) is 0 Å². The first-order chi connectivity index (χ1) is 7.41. The Morgan fingerprint density at radius 1 is 1.06 bits per heavy atom. The fraction of sp³-hybridized carbons (Fsp3) is 0.467. The molecular weight excluding hydrogens is 194 g/mol. The van der Waals surface area contributed by atoms with Gasteiger partial charge in [-0.3, -0.25) is 0 Å². The number of fused-ring (bicyclic) bond motifs is 1. The van der Waals surface area contributed by atoms with Gasteiger partial charge in [0.25, 0.3) is 0 Å². The summed E-state index contributed by atoms with van der Waals surface area (Å²) < 4.78 is 0. The average molecular weight is 215 g/mol. The van der Waals surface area contributed by atoms with Gasteiger partial charge in [0, 0.05) is 17.8 Å². The van der Waals surface area contributed by atoms with Crippen LogP contribution >= 0.6 is 0 Å². The Morgan fingerprint density at radius 2 is 1.75 bits per heavy atom. The van der Waals surface area contributed by atoms with E-state index in [1.807, 2.05) is 0 Å². The van der Waals surface area contributed by atoms with E-state index in [1.165, 1.54) is 21.9 Å². The molecule has 0 saturated heterocycles. The molecular formula is C15H21N. The third-order valence-electron chi connectivity index (χ3n) is 3.15. The van der Waals surface area contributed by atoms with Crippen LogP contribution in [-0.2, 0) is 5.41 Å². The smallest absolute Gasteiger partial charge is 0.00874 e. The second kappa shape index (κ2) is 3.65. The highest BCUT2D eigenvalue weighted by molar-refractivity contribution is 5.87. The first-order valence-electron chi connectivity index (χ1n) is 6.01. The van der Waals surface area contributed by atoms with Gasteiger partial charge in [-0.05, 0) is 27.8 Å². The zero-order valence-corrected chi connectivity index (χ0v) is 10.9. The first-order valence-corrected chi connectivity index (χ1v) is 6.01. The van der Waals surface area contributed by atoms with Gasteiger partial charge in [-0.15, -0.1) is 0 Å². The molecule has 1 aromatic heterocycles. The van der Waals surface area contributed by atoms with Crippen LogP contribution < -0.4 is 0 Å². The van der Waals surface area contributed by atoms with Gasteiger partial charge in [-0.2, -0.15) is 0 Å². The van der Waals surface area contributed by atoms with Crippen molar-refractivity contribution in [3.05, 3.63) is 35.7 Å². The van der Waals surface area contributed by atoms with Crippen molar-refractivity contribution in [2.24, 2.45) is 0 Å². The van der Waals surface area contributed by atoms with Crippen LogP contribution in [0.15, 0.2) is 24.5 Å². The summed E-state index contributed by atoms with van der Waals surface area (Å²) in [5, 5.41) is 2.69. The van der Waals surface area contributed by atoms with Crippen LogP contribution in [0.1, 0.15) is 51.7 Å². The van der Waals surface area contributed by atoms with Crippen molar-refractivity contribution in [1.29, 1.82) is 0 Å². The maximum absolute atomic E-state index is 3.22. The lowest BCUT2D eigenvalue weighted by Gasteiger charge is -2.26. The molecule has 16 heavy (non-hydrogen) atoms. The lowest BCUT2D eigenvalue weighted by molar-refractivity contribution is 0.583. The van der Waals surface area contributed by atoms with Gasteiger partial charge in [0.1, 0.15) is 0 Å². The molecule has 0 radical (unpaired) electrons. The lowest BCUT2D eigenvalue weighted by atomic mass is 9.78. The Hall–Kier alpha value is -1.24. The summed E-state index contributed by atoms with van der Waals surface area (Å²) in [6.45, 7) is 11.4. The molecule has 2 aromatic rings. The maximum atomic E-state index is 3.22. The molecule has 0 fully saturated rings. The number of rotatable bonds is 1. The average Bonchev–Trinajstić information content (AvgIpc) is 2.61. The third kappa shape index (κ3) is 1.75. The van der Waals surface area contributed by atoms with Gasteiger partial charge in [0.05, 0.1) is 0 Å². The normalized spacial score (nSPS) is 12.6. The molecule has 1 aromatic carbocycles. The van der Waals surface area contributed by atoms with E-state index in [4.69, 9.17) is 0 Å². The number of hydrogen-bond donors (Lipinski definition) is 1. The monoisotopic (exact) mass is 215 g/mol. The van der Waals surface area contributed by atoms with E-state index in [1.54, 1.807) is 0 Å². The third-order valence-corrected chi connectivity index (χ3v) is 3.15. The Balaban J connectivity index is 2.81. The molecule has 1 heteroatoms. The SMILES string of the molecule is CC(C)c1ccc2c[nH]cc2c1C(C)(C)C. The molecule has 0 aliphatic rings. The molecule has 0 saturated carbocycles. The summed E-state index contributed by atoms with van der Waals surface area (Å²) in [6, 6.07) is 4.50. The minimum atomic E-state index is 0.196. The fourth-order valence-corrected chi connectivity index (χ4v) is 2.47. The van der Waals surface area contributed by atoms with E-state index in [0.29, 0.717) is 5.92 Å². The highest BCUT2D eigenvalue weighted by Gasteiger charge is 2.22. The van der Waals surface area contributed by atoms with E-state index >= 15 is 0 Å². The molecule has 0 amide bonds. The first kappa shape index (κ1) is 11.3. The molecule has 0 bridgehead atoms. The van der Waals surface area contributed by atoms with Gasteiger partial charge in [-0.1, -0.05) is 46.8 Å². The number of benzene rings is 1. The van der Waals surface area contributed by atoms with E-state index < -0.39 is 0 Å². The number of aromatic amines is 1. The standard InChI is InChI=1S/C15H21N/c1-10(2)12-7-6-11-8-16-9-13(11)14(12)15(3,4)5/h6-10,16H,1-5H3. The van der Waals surface area contributed by atoms with Gasteiger partial charge < -0.3 is 4.98 Å². The van der Waals surface area contributed by atoms with Gasteiger partial charge >= 0.3 is 0 Å². The Morgan fingerprint density at radius 3 is 2.31 bits per heavy atom. The molecule has 0 atom stereocenters. The molecule has 1 N–H and O–H groups in total. The largest absolute Gasteiger partial charge is 0.366 e. The maximum Gasteiger partial charge on any atom is 0.00874 e. The van der Waals surface area contributed by atoms with Gasteiger partial charge in [-0.25, -0.2) is 0 Å². The summed E-state index contributed by atoms with van der Waals surface area (Å²) in [6.07, 6.45) is 4.20. The molecule has 0 aliphatic heterocycles. The highest BCUT2D eigenvalue weighted by Crippen LogP contribution is 2.36. The van der Waals surface area contributed by atoms with Crippen LogP contribution in [-0.4, -0.2) is 4.98 Å². The minimum Gasteiger partial charge on any atom is -0.366 e. The van der Waals surface area contributed by atoms with Crippen molar-refractivity contribution in [2.45, 2.75) is 46.0 Å². The molecule has 0 spiro atoms. The topological polar surface area (TPSA) is 15.8 Å². The molecule has 2 rings (SSSR count). The number of nitrogens with one attached hydrogen (secondary N) is 1. The number of H-pyrrole nitrogens is 1. The molecule has 86 valence electrons. The molecule has 1 nitrogen and oxygen atoms in total. The second-order valence-electron chi connectivity index (χ2n) is 5.89. The Kier molecular flexibility index (Phi) is 2.57. The Bertz CT molecular complexity index is 498. The number of aromatic nitrogens is 1. The van der Waals surface area contributed by atoms with Crippen molar-refractivity contribution in [2.75, 3.05) is 0 Å². The van der Waals surface area contributed by atoms with Crippen LogP contribution in [0.2, 0.25) is 0 Å². The summed E-state index contributed by atoms with van der Waals surface area (Å²) in [4.78, 5) is 3.22. The van der Waals surface area contributed by atoms with Crippen LogP contribution in [0, 0.1) is 0 Å². The van der Waals surface area contributed by atoms with Crippen molar-refractivity contribution in [3.8, 4) is 0 Å². The molecule has 0 unspecified atom stereocenters. The van der Waals surface area contributed by atoms with Crippen LogP contribution in [0.4, 0.5) is 0 Å². The predicted octanol–water partition coefficient (Wildman–Crippen LogP) is 4.59. The highest BCUT2D eigenvalue weighted by atomic mass is 14.6. The Labute approximate surface area is 97.9 Å². The van der Waals surface area contributed by atoms with Crippen molar-refractivity contribution in [1.82, 2.24) is 4.98 Å². The minimum absolute atomic E-state index is 0.196. The lowest BCUT2D eigenvalue weighted by Crippen LogP contribution is -2.15. The predicted molar refractivity (Wildman–Crippen MR) is 71.1 cm³/mol. The van der Waals surface area contributed by atoms with Crippen molar-refractivity contribution < 1.29 is 0 Å². The summed E-state index contributed by atoms with van der Waals surface area (Å²) in [5.41, 5.74) is 3.15. The summed E-state index contributed by atoms with van der Waals surface area (Å²) in [7, 11) is 0. The van der Waals surface area contributed by atoms with E-state index in [9.17, 15) is 0 Å². The van der Waals surface area contributed by atoms with Gasteiger partial charge in [0.2, 0.25) is 0 Å². The van der Waals surface area contributed by atoms with Gasteiger partial charge in [0.15, 0.2) is 0 Å². The van der Waals surface area contributed by atoms with Crippen LogP contribution in [0.25, 0.3) is 10.8 Å². The van der Waals surface area contributed by atoms with Crippen LogP contribution in [0.3, 0.4) is 0 Å².